The van der Waals surface area contributed by atoms with Gasteiger partial charge >= 0.3 is 0 Å². The lowest BCUT2D eigenvalue weighted by Gasteiger charge is -2.37. The molecule has 5 nitrogen and oxygen atoms in total. The Bertz CT molecular complexity index is 600. The van der Waals surface area contributed by atoms with Crippen LogP contribution in [0, 0.1) is 0 Å². The molecule has 0 amide bonds. The molecule has 3 N–H and O–H groups in total. The van der Waals surface area contributed by atoms with Crippen LogP contribution in [-0.4, -0.2) is 43.7 Å². The van der Waals surface area contributed by atoms with E-state index in [1.165, 1.54) is 0 Å². The van der Waals surface area contributed by atoms with E-state index >= 15 is 0 Å². The summed E-state index contributed by atoms with van der Waals surface area (Å²) in [6.07, 6.45) is 1.04. The highest BCUT2D eigenvalue weighted by atomic mass is 32.2. The fourth-order valence-electron chi connectivity index (χ4n) is 3.13. The number of hydrogen-bond acceptors (Lipinski definition) is 5. The first-order chi connectivity index (χ1) is 8.98. The molecule has 0 spiro atoms. The number of aliphatic hydroxyl groups is 1. The lowest BCUT2D eigenvalue weighted by molar-refractivity contribution is 0.177. The van der Waals surface area contributed by atoms with Gasteiger partial charge in [-0.3, -0.25) is 0 Å². The summed E-state index contributed by atoms with van der Waals surface area (Å²) in [6, 6.07) is 5.36. The van der Waals surface area contributed by atoms with Crippen molar-refractivity contribution in [3.63, 3.8) is 0 Å². The van der Waals surface area contributed by atoms with Gasteiger partial charge in [0, 0.05) is 17.9 Å². The van der Waals surface area contributed by atoms with E-state index in [0.29, 0.717) is 0 Å². The predicted molar refractivity (Wildman–Crippen MR) is 75.0 cm³/mol. The first kappa shape index (κ1) is 12.7. The quantitative estimate of drug-likeness (QED) is 0.718. The number of fused-ring (bicyclic) bond motifs is 1. The van der Waals surface area contributed by atoms with Gasteiger partial charge in [-0.25, -0.2) is 8.42 Å². The number of nitrogens with two attached hydrogens (primary N) is 1. The number of rotatable bonds is 1. The molecule has 1 saturated heterocycles. The summed E-state index contributed by atoms with van der Waals surface area (Å²) in [6.45, 7) is 0.772. The molecule has 104 valence electrons. The van der Waals surface area contributed by atoms with E-state index < -0.39 is 15.9 Å². The van der Waals surface area contributed by atoms with Gasteiger partial charge in [0.2, 0.25) is 0 Å². The molecule has 19 heavy (non-hydrogen) atoms. The molecule has 0 aliphatic carbocycles. The van der Waals surface area contributed by atoms with E-state index in [9.17, 15) is 13.5 Å². The molecular formula is C13H18N2O3S. The third-order valence-corrected chi connectivity index (χ3v) is 5.72. The zero-order chi connectivity index (χ0) is 13.6. The van der Waals surface area contributed by atoms with Crippen molar-refractivity contribution >= 4 is 21.2 Å². The second-order valence-electron chi connectivity index (χ2n) is 5.35. The summed E-state index contributed by atoms with van der Waals surface area (Å²) in [5, 5.41) is 10.0. The lowest BCUT2D eigenvalue weighted by Crippen LogP contribution is -2.45. The van der Waals surface area contributed by atoms with Crippen LogP contribution in [0.5, 0.6) is 0 Å². The molecule has 1 aromatic carbocycles. The van der Waals surface area contributed by atoms with E-state index in [2.05, 4.69) is 0 Å². The van der Waals surface area contributed by atoms with Crippen LogP contribution in [-0.2, 0) is 16.3 Å². The molecule has 1 aromatic rings. The zero-order valence-electron chi connectivity index (χ0n) is 10.6. The number of nitrogen functional groups attached to an aromatic ring is 1. The number of hydrogen-bond donors (Lipinski definition) is 2. The van der Waals surface area contributed by atoms with Gasteiger partial charge in [-0.15, -0.1) is 0 Å². The van der Waals surface area contributed by atoms with Crippen LogP contribution >= 0.6 is 0 Å². The first-order valence-corrected chi connectivity index (χ1v) is 8.32. The average molecular weight is 282 g/mol. The Labute approximate surface area is 112 Å². The second kappa shape index (κ2) is 4.38. The molecule has 0 saturated carbocycles. The van der Waals surface area contributed by atoms with Crippen LogP contribution in [0.15, 0.2) is 18.2 Å². The highest BCUT2D eigenvalue weighted by Gasteiger charge is 2.41. The Hall–Kier alpha value is -1.27. The van der Waals surface area contributed by atoms with Crippen molar-refractivity contribution in [2.45, 2.75) is 25.0 Å². The molecule has 0 bridgehead atoms. The summed E-state index contributed by atoms with van der Waals surface area (Å²) < 4.78 is 23.3. The Morgan fingerprint density at radius 3 is 2.79 bits per heavy atom. The molecule has 2 heterocycles. The Morgan fingerprint density at radius 1 is 1.32 bits per heavy atom. The van der Waals surface area contributed by atoms with Gasteiger partial charge in [0.15, 0.2) is 9.84 Å². The molecule has 6 heteroatoms. The lowest BCUT2D eigenvalue weighted by atomic mass is 9.97. The molecule has 2 atom stereocenters. The maximum Gasteiger partial charge on any atom is 0.155 e. The van der Waals surface area contributed by atoms with E-state index in [0.717, 1.165) is 36.3 Å². The molecule has 1 fully saturated rings. The summed E-state index contributed by atoms with van der Waals surface area (Å²) in [7, 11) is -3.13. The van der Waals surface area contributed by atoms with Crippen LogP contribution in [0.4, 0.5) is 11.4 Å². The second-order valence-corrected chi connectivity index (χ2v) is 7.51. The SMILES string of the molecule is Nc1cccc2c1CCCN2C1CS(=O)(=O)CC1O. The minimum absolute atomic E-state index is 0.0302. The van der Waals surface area contributed by atoms with Gasteiger partial charge in [0.05, 0.1) is 23.7 Å². The van der Waals surface area contributed by atoms with E-state index in [1.54, 1.807) is 0 Å². The molecule has 3 rings (SSSR count). The van der Waals surface area contributed by atoms with Gasteiger partial charge in [-0.05, 0) is 30.5 Å². The van der Waals surface area contributed by atoms with Gasteiger partial charge in [0.1, 0.15) is 0 Å². The molecule has 0 aromatic heterocycles. The first-order valence-electron chi connectivity index (χ1n) is 6.50. The molecule has 2 aliphatic rings. The van der Waals surface area contributed by atoms with Crippen molar-refractivity contribution in [3.05, 3.63) is 23.8 Å². The standard InChI is InChI=1S/C13H18N2O3S/c14-10-4-1-5-11-9(10)3-2-6-15(11)12-7-19(17,18)8-13(12)16/h1,4-5,12-13,16H,2-3,6-8,14H2. The van der Waals surface area contributed by atoms with Crippen molar-refractivity contribution in [1.29, 1.82) is 0 Å². The Balaban J connectivity index is 1.99. The summed E-state index contributed by atoms with van der Waals surface area (Å²) in [4.78, 5) is 2.02. The average Bonchev–Trinajstić information content (AvgIpc) is 2.63. The highest BCUT2D eigenvalue weighted by molar-refractivity contribution is 7.91. The van der Waals surface area contributed by atoms with Crippen LogP contribution < -0.4 is 10.6 Å². The molecular weight excluding hydrogens is 264 g/mol. The van der Waals surface area contributed by atoms with E-state index in [4.69, 9.17) is 5.73 Å². The smallest absolute Gasteiger partial charge is 0.155 e. The number of aliphatic hydroxyl groups excluding tert-OH is 1. The van der Waals surface area contributed by atoms with E-state index in [-0.39, 0.29) is 17.5 Å². The largest absolute Gasteiger partial charge is 0.398 e. The number of benzene rings is 1. The minimum Gasteiger partial charge on any atom is -0.398 e. The predicted octanol–water partition coefficient (Wildman–Crippen LogP) is 0.179. The maximum atomic E-state index is 11.7. The third kappa shape index (κ3) is 2.19. The number of sulfone groups is 1. The highest BCUT2D eigenvalue weighted by Crippen LogP contribution is 2.34. The van der Waals surface area contributed by atoms with Gasteiger partial charge in [0.25, 0.3) is 0 Å². The maximum absolute atomic E-state index is 11.7. The summed E-state index contributed by atoms with van der Waals surface area (Å²) in [5.41, 5.74) is 8.78. The van der Waals surface area contributed by atoms with E-state index in [1.807, 2.05) is 23.1 Å². The molecule has 2 aliphatic heterocycles. The fourth-order valence-corrected chi connectivity index (χ4v) is 4.93. The van der Waals surface area contributed by atoms with Crippen molar-refractivity contribution in [2.24, 2.45) is 0 Å². The number of nitrogens with zero attached hydrogens (tertiary/aromatic N) is 1. The fraction of sp³-hybridized carbons (Fsp3) is 0.538. The molecule has 0 radical (unpaired) electrons. The van der Waals surface area contributed by atoms with Crippen molar-refractivity contribution in [3.8, 4) is 0 Å². The van der Waals surface area contributed by atoms with Crippen molar-refractivity contribution < 1.29 is 13.5 Å². The van der Waals surface area contributed by atoms with Crippen molar-refractivity contribution in [1.82, 2.24) is 0 Å². The normalized spacial score (nSPS) is 29.2. The monoisotopic (exact) mass is 282 g/mol. The Morgan fingerprint density at radius 2 is 2.11 bits per heavy atom. The summed E-state index contributed by atoms with van der Waals surface area (Å²) in [5.74, 6) is -0.103. The van der Waals surface area contributed by atoms with Crippen molar-refractivity contribution in [2.75, 3.05) is 28.7 Å². The Kier molecular flexibility index (Phi) is 2.94. The third-order valence-electron chi connectivity index (χ3n) is 4.02. The van der Waals surface area contributed by atoms with Gasteiger partial charge in [-0.2, -0.15) is 0 Å². The zero-order valence-corrected chi connectivity index (χ0v) is 11.4. The van der Waals surface area contributed by atoms with Crippen LogP contribution in [0.25, 0.3) is 0 Å². The van der Waals surface area contributed by atoms with Crippen LogP contribution in [0.1, 0.15) is 12.0 Å². The minimum atomic E-state index is -3.13. The van der Waals surface area contributed by atoms with Crippen LogP contribution in [0.3, 0.4) is 0 Å². The summed E-state index contributed by atoms with van der Waals surface area (Å²) >= 11 is 0. The van der Waals surface area contributed by atoms with Gasteiger partial charge < -0.3 is 15.7 Å². The molecule has 2 unspecified atom stereocenters. The van der Waals surface area contributed by atoms with Gasteiger partial charge in [-0.1, -0.05) is 6.07 Å². The number of anilines is 2. The van der Waals surface area contributed by atoms with Crippen LogP contribution in [0.2, 0.25) is 0 Å². The topological polar surface area (TPSA) is 83.6 Å².